The molecule has 1 atom stereocenters. The molecule has 1 amide bonds. The first-order valence-corrected chi connectivity index (χ1v) is 6.24. The second-order valence-electron chi connectivity index (χ2n) is 4.01. The Kier molecular flexibility index (Phi) is 4.70. The average Bonchev–Trinajstić information content (AvgIpc) is 2.30. The number of nitrogens with one attached hydrogen (secondary N) is 1. The molecule has 0 saturated carbocycles. The zero-order valence-corrected chi connectivity index (χ0v) is 12.2. The van der Waals surface area contributed by atoms with E-state index in [0.717, 1.165) is 6.07 Å². The summed E-state index contributed by atoms with van der Waals surface area (Å²) in [6.45, 7) is 0.367. The van der Waals surface area contributed by atoms with Crippen molar-refractivity contribution in [3.8, 4) is 0 Å². The van der Waals surface area contributed by atoms with Crippen LogP contribution >= 0.6 is 27.5 Å². The largest absolute Gasteiger partial charge is 0.479 e. The Labute approximate surface area is 125 Å². The number of halogens is 5. The summed E-state index contributed by atoms with van der Waals surface area (Å²) in [5.41, 5.74) is -3.60. The fraction of sp³-hybridized carbons (Fsp3) is 0.273. The van der Waals surface area contributed by atoms with Crippen LogP contribution in [0, 0.1) is 0 Å². The molecule has 0 saturated heterocycles. The van der Waals surface area contributed by atoms with E-state index < -0.39 is 23.6 Å². The third kappa shape index (κ3) is 3.24. The number of rotatable bonds is 3. The number of alkyl halides is 3. The first-order chi connectivity index (χ1) is 8.99. The molecule has 2 N–H and O–H groups in total. The molecule has 0 aliphatic carbocycles. The number of hydrogen-bond acceptors (Lipinski definition) is 2. The molecule has 1 aromatic carbocycles. The molecule has 0 aliphatic rings. The van der Waals surface area contributed by atoms with Crippen LogP contribution in [-0.2, 0) is 4.79 Å². The van der Waals surface area contributed by atoms with Crippen LogP contribution < -0.4 is 5.32 Å². The molecule has 110 valence electrons. The van der Waals surface area contributed by atoms with E-state index in [2.05, 4.69) is 15.9 Å². The number of carboxylic acids is 1. The standard InChI is InChI=1S/C11H8BrClF3NO3/c1-10(9(19)20,11(14,15)16)17-8(18)6-4-5(13)2-3-7(6)12/h2-4H,1H3,(H,17,18)(H,19,20). The summed E-state index contributed by atoms with van der Waals surface area (Å²) in [5, 5.41) is 10.3. The van der Waals surface area contributed by atoms with Crippen molar-refractivity contribution in [3.05, 3.63) is 33.3 Å². The number of carbonyl (C=O) groups is 2. The van der Waals surface area contributed by atoms with E-state index >= 15 is 0 Å². The SMILES string of the molecule is CC(NC(=O)c1cc(Cl)ccc1Br)(C(=O)O)C(F)(F)F. The minimum atomic E-state index is -5.15. The Morgan fingerprint density at radius 3 is 2.35 bits per heavy atom. The van der Waals surface area contributed by atoms with Crippen molar-refractivity contribution in [2.75, 3.05) is 0 Å². The minimum absolute atomic E-state index is 0.127. The predicted octanol–water partition coefficient (Wildman–Crippen LogP) is 3.24. The van der Waals surface area contributed by atoms with Crippen LogP contribution in [-0.4, -0.2) is 28.7 Å². The fourth-order valence-electron chi connectivity index (χ4n) is 1.21. The molecule has 0 aliphatic heterocycles. The Balaban J connectivity index is 3.16. The van der Waals surface area contributed by atoms with Gasteiger partial charge in [-0.15, -0.1) is 0 Å². The van der Waals surface area contributed by atoms with Crippen LogP contribution in [0.2, 0.25) is 5.02 Å². The topological polar surface area (TPSA) is 66.4 Å². The van der Waals surface area contributed by atoms with Gasteiger partial charge < -0.3 is 10.4 Å². The van der Waals surface area contributed by atoms with Crippen molar-refractivity contribution in [1.29, 1.82) is 0 Å². The van der Waals surface area contributed by atoms with E-state index in [4.69, 9.17) is 16.7 Å². The Bertz CT molecular complexity index is 564. The van der Waals surface area contributed by atoms with Crippen LogP contribution in [0.4, 0.5) is 13.2 Å². The lowest BCUT2D eigenvalue weighted by molar-refractivity contribution is -0.203. The molecule has 0 fully saturated rings. The Morgan fingerprint density at radius 1 is 1.35 bits per heavy atom. The number of aliphatic carboxylic acids is 1. The summed E-state index contributed by atoms with van der Waals surface area (Å²) >= 11 is 8.62. The van der Waals surface area contributed by atoms with E-state index in [-0.39, 0.29) is 15.1 Å². The maximum absolute atomic E-state index is 12.8. The summed E-state index contributed by atoms with van der Waals surface area (Å²) in [5.74, 6) is -3.42. The van der Waals surface area contributed by atoms with Crippen molar-refractivity contribution in [2.24, 2.45) is 0 Å². The van der Waals surface area contributed by atoms with Crippen LogP contribution in [0.15, 0.2) is 22.7 Å². The molecule has 1 unspecified atom stereocenters. The van der Waals surface area contributed by atoms with Gasteiger partial charge in [-0.2, -0.15) is 13.2 Å². The zero-order chi connectivity index (χ0) is 15.7. The van der Waals surface area contributed by atoms with E-state index in [9.17, 15) is 22.8 Å². The summed E-state index contributed by atoms with van der Waals surface area (Å²) in [6.07, 6.45) is -5.15. The van der Waals surface area contributed by atoms with E-state index in [1.165, 1.54) is 17.4 Å². The van der Waals surface area contributed by atoms with E-state index in [0.29, 0.717) is 6.92 Å². The highest BCUT2D eigenvalue weighted by Crippen LogP contribution is 2.31. The smallest absolute Gasteiger partial charge is 0.422 e. The Morgan fingerprint density at radius 2 is 1.90 bits per heavy atom. The third-order valence-corrected chi connectivity index (χ3v) is 3.46. The molecule has 1 rings (SSSR count). The van der Waals surface area contributed by atoms with E-state index in [1.807, 2.05) is 0 Å². The van der Waals surface area contributed by atoms with Gasteiger partial charge in [0.1, 0.15) is 0 Å². The lowest BCUT2D eigenvalue weighted by atomic mass is 10.0. The molecule has 0 aromatic heterocycles. The van der Waals surface area contributed by atoms with Gasteiger partial charge in [0.2, 0.25) is 5.54 Å². The highest BCUT2D eigenvalue weighted by atomic mass is 79.9. The molecule has 0 spiro atoms. The summed E-state index contributed by atoms with van der Waals surface area (Å²) in [4.78, 5) is 22.6. The Hall–Kier alpha value is -1.28. The average molecular weight is 375 g/mol. The van der Waals surface area contributed by atoms with Crippen molar-refractivity contribution < 1.29 is 27.9 Å². The first kappa shape index (κ1) is 16.8. The molecule has 4 nitrogen and oxygen atoms in total. The predicted molar refractivity (Wildman–Crippen MR) is 68.7 cm³/mol. The van der Waals surface area contributed by atoms with Gasteiger partial charge in [0.25, 0.3) is 5.91 Å². The van der Waals surface area contributed by atoms with Gasteiger partial charge in [-0.05, 0) is 41.1 Å². The van der Waals surface area contributed by atoms with Gasteiger partial charge in [-0.3, -0.25) is 4.79 Å². The monoisotopic (exact) mass is 373 g/mol. The minimum Gasteiger partial charge on any atom is -0.479 e. The zero-order valence-electron chi connectivity index (χ0n) is 9.89. The van der Waals surface area contributed by atoms with Gasteiger partial charge in [0, 0.05) is 9.50 Å². The summed E-state index contributed by atoms with van der Waals surface area (Å²) in [7, 11) is 0. The quantitative estimate of drug-likeness (QED) is 0.854. The van der Waals surface area contributed by atoms with Crippen molar-refractivity contribution in [3.63, 3.8) is 0 Å². The van der Waals surface area contributed by atoms with Gasteiger partial charge >= 0.3 is 12.1 Å². The maximum atomic E-state index is 12.8. The molecule has 20 heavy (non-hydrogen) atoms. The second kappa shape index (κ2) is 5.61. The van der Waals surface area contributed by atoms with Crippen molar-refractivity contribution in [2.45, 2.75) is 18.6 Å². The van der Waals surface area contributed by atoms with Gasteiger partial charge in [-0.25, -0.2) is 4.79 Å². The molecular weight excluding hydrogens is 366 g/mol. The number of amides is 1. The van der Waals surface area contributed by atoms with Crippen LogP contribution in [0.1, 0.15) is 17.3 Å². The molecule has 0 bridgehead atoms. The maximum Gasteiger partial charge on any atom is 0.422 e. The molecular formula is C11H8BrClF3NO3. The van der Waals surface area contributed by atoms with Crippen molar-refractivity contribution >= 4 is 39.4 Å². The fourth-order valence-corrected chi connectivity index (χ4v) is 1.81. The van der Waals surface area contributed by atoms with E-state index in [1.54, 1.807) is 0 Å². The second-order valence-corrected chi connectivity index (χ2v) is 5.30. The lowest BCUT2D eigenvalue weighted by Crippen LogP contribution is -2.61. The summed E-state index contributed by atoms with van der Waals surface area (Å²) < 4.78 is 38.5. The van der Waals surface area contributed by atoms with Gasteiger partial charge in [0.05, 0.1) is 5.56 Å². The number of carboxylic acid groups (broad SMARTS) is 1. The number of carbonyl (C=O) groups excluding carboxylic acids is 1. The molecule has 1 aromatic rings. The van der Waals surface area contributed by atoms with Crippen molar-refractivity contribution in [1.82, 2.24) is 5.32 Å². The van der Waals surface area contributed by atoms with Crippen LogP contribution in [0.5, 0.6) is 0 Å². The molecule has 9 heteroatoms. The van der Waals surface area contributed by atoms with Gasteiger partial charge in [-0.1, -0.05) is 11.6 Å². The highest BCUT2D eigenvalue weighted by Gasteiger charge is 2.58. The number of hydrogen-bond donors (Lipinski definition) is 2. The highest BCUT2D eigenvalue weighted by molar-refractivity contribution is 9.10. The molecule has 0 heterocycles. The number of benzene rings is 1. The van der Waals surface area contributed by atoms with Crippen LogP contribution in [0.3, 0.4) is 0 Å². The normalized spacial score (nSPS) is 14.5. The van der Waals surface area contributed by atoms with Crippen LogP contribution in [0.25, 0.3) is 0 Å². The summed E-state index contributed by atoms with van der Waals surface area (Å²) in [6, 6.07) is 3.91. The van der Waals surface area contributed by atoms with Gasteiger partial charge in [0.15, 0.2) is 0 Å². The first-order valence-electron chi connectivity index (χ1n) is 5.06. The molecule has 0 radical (unpaired) electrons. The lowest BCUT2D eigenvalue weighted by Gasteiger charge is -2.28. The third-order valence-electron chi connectivity index (χ3n) is 2.53.